The van der Waals surface area contributed by atoms with Gasteiger partial charge in [0.25, 0.3) is 6.29 Å². The Hall–Kier alpha value is -1.32. The van der Waals surface area contributed by atoms with Crippen LogP contribution in [0.4, 0.5) is 0 Å². The second-order valence-electron chi connectivity index (χ2n) is 5.19. The summed E-state index contributed by atoms with van der Waals surface area (Å²) >= 11 is 0. The van der Waals surface area contributed by atoms with Gasteiger partial charge in [0.15, 0.2) is 0 Å². The zero-order valence-corrected chi connectivity index (χ0v) is 12.4. The molecule has 0 atom stereocenters. The van der Waals surface area contributed by atoms with Crippen molar-refractivity contribution in [3.8, 4) is 0 Å². The Bertz CT molecular complexity index is 304. The quantitative estimate of drug-likeness (QED) is 0.366. The van der Waals surface area contributed by atoms with E-state index in [9.17, 15) is 9.59 Å². The highest BCUT2D eigenvalue weighted by atomic mass is 16.7. The smallest absolute Gasteiger partial charge is 0.309 e. The lowest BCUT2D eigenvalue weighted by Crippen LogP contribution is -2.17. The highest BCUT2D eigenvalue weighted by molar-refractivity contribution is 5.79. The lowest BCUT2D eigenvalue weighted by Gasteiger charge is -2.10. The summed E-state index contributed by atoms with van der Waals surface area (Å²) in [6.45, 7) is 2.22. The van der Waals surface area contributed by atoms with Crippen LogP contribution in [0.2, 0.25) is 0 Å². The minimum Gasteiger partial charge on any atom is -0.421 e. The number of hydrogen-bond donors (Lipinski definition) is 0. The van der Waals surface area contributed by atoms with Gasteiger partial charge >= 0.3 is 11.9 Å². The molecule has 0 unspecified atom stereocenters. The van der Waals surface area contributed by atoms with Crippen molar-refractivity contribution in [2.45, 2.75) is 77.4 Å². The van der Waals surface area contributed by atoms with Gasteiger partial charge in [-0.2, -0.15) is 0 Å². The summed E-state index contributed by atoms with van der Waals surface area (Å²) in [6.07, 6.45) is 12.8. The third-order valence-electron chi connectivity index (χ3n) is 3.30. The van der Waals surface area contributed by atoms with Gasteiger partial charge < -0.3 is 9.47 Å². The van der Waals surface area contributed by atoms with E-state index < -0.39 is 6.29 Å². The highest BCUT2D eigenvalue weighted by Crippen LogP contribution is 2.12. The van der Waals surface area contributed by atoms with Crippen LogP contribution >= 0.6 is 0 Å². The number of esters is 2. The van der Waals surface area contributed by atoms with Gasteiger partial charge in [-0.25, -0.2) is 0 Å². The lowest BCUT2D eigenvalue weighted by molar-refractivity contribution is -0.171. The van der Waals surface area contributed by atoms with Gasteiger partial charge in [0.05, 0.1) is 12.8 Å². The van der Waals surface area contributed by atoms with Crippen molar-refractivity contribution in [1.29, 1.82) is 0 Å². The minimum atomic E-state index is -0.831. The Balaban J connectivity index is 2.08. The maximum Gasteiger partial charge on any atom is 0.309 e. The van der Waals surface area contributed by atoms with Gasteiger partial charge in [0.1, 0.15) is 0 Å². The molecule has 0 bridgehead atoms. The molecule has 0 N–H and O–H groups in total. The molecule has 0 aromatic heterocycles. The van der Waals surface area contributed by atoms with Gasteiger partial charge in [0.2, 0.25) is 0 Å². The number of carbonyl (C=O) groups is 2. The zero-order valence-electron chi connectivity index (χ0n) is 12.4. The van der Waals surface area contributed by atoms with Crippen LogP contribution in [-0.4, -0.2) is 18.2 Å². The standard InChI is InChI=1S/C16H26O4/c1-2-3-4-5-6-7-8-9-10-11-16-19-14(17)12-13-15(18)20-16/h10-11,16H,2-9,12-13H2,1H3/b11-10+. The summed E-state index contributed by atoms with van der Waals surface area (Å²) in [4.78, 5) is 22.4. The van der Waals surface area contributed by atoms with Gasteiger partial charge in [-0.15, -0.1) is 0 Å². The Morgan fingerprint density at radius 3 is 2.10 bits per heavy atom. The van der Waals surface area contributed by atoms with E-state index in [1.165, 1.54) is 38.5 Å². The highest BCUT2D eigenvalue weighted by Gasteiger charge is 2.21. The maximum atomic E-state index is 11.2. The van der Waals surface area contributed by atoms with Crippen molar-refractivity contribution in [2.24, 2.45) is 0 Å². The molecular formula is C16H26O4. The number of cyclic esters (lactones) is 2. The zero-order chi connectivity index (χ0) is 14.6. The summed E-state index contributed by atoms with van der Waals surface area (Å²) in [5.74, 6) is -0.747. The Kier molecular flexibility index (Phi) is 8.76. The largest absolute Gasteiger partial charge is 0.421 e. The summed E-state index contributed by atoms with van der Waals surface area (Å²) in [7, 11) is 0. The molecule has 1 heterocycles. The molecule has 1 aliphatic heterocycles. The van der Waals surface area contributed by atoms with Gasteiger partial charge in [-0.05, 0) is 18.9 Å². The fourth-order valence-electron chi connectivity index (χ4n) is 2.11. The van der Waals surface area contributed by atoms with Crippen LogP contribution in [0.25, 0.3) is 0 Å². The van der Waals surface area contributed by atoms with Gasteiger partial charge in [0, 0.05) is 0 Å². The fraction of sp³-hybridized carbons (Fsp3) is 0.750. The van der Waals surface area contributed by atoms with E-state index in [-0.39, 0.29) is 24.8 Å². The molecule has 114 valence electrons. The van der Waals surface area contributed by atoms with Crippen LogP contribution in [-0.2, 0) is 19.1 Å². The van der Waals surface area contributed by atoms with E-state index in [1.807, 2.05) is 6.08 Å². The van der Waals surface area contributed by atoms with Crippen molar-refractivity contribution in [1.82, 2.24) is 0 Å². The normalized spacial score (nSPS) is 17.1. The Morgan fingerprint density at radius 1 is 0.950 bits per heavy atom. The van der Waals surface area contributed by atoms with Crippen molar-refractivity contribution in [3.05, 3.63) is 12.2 Å². The predicted molar refractivity (Wildman–Crippen MR) is 77.0 cm³/mol. The SMILES string of the molecule is CCCCCCCCC/C=C/C1OC(=O)CCC(=O)O1. The van der Waals surface area contributed by atoms with Crippen molar-refractivity contribution in [2.75, 3.05) is 0 Å². The fourth-order valence-corrected chi connectivity index (χ4v) is 2.11. The monoisotopic (exact) mass is 282 g/mol. The van der Waals surface area contributed by atoms with Gasteiger partial charge in [-0.3, -0.25) is 9.59 Å². The number of carbonyl (C=O) groups excluding carboxylic acids is 2. The van der Waals surface area contributed by atoms with E-state index >= 15 is 0 Å². The van der Waals surface area contributed by atoms with Crippen LogP contribution in [0.3, 0.4) is 0 Å². The van der Waals surface area contributed by atoms with Crippen molar-refractivity contribution >= 4 is 11.9 Å². The number of allylic oxidation sites excluding steroid dienone is 1. The van der Waals surface area contributed by atoms with Crippen molar-refractivity contribution < 1.29 is 19.1 Å². The van der Waals surface area contributed by atoms with Crippen LogP contribution in [0.5, 0.6) is 0 Å². The summed E-state index contributed by atoms with van der Waals surface area (Å²) in [5, 5.41) is 0. The van der Waals surface area contributed by atoms with Gasteiger partial charge in [-0.1, -0.05) is 51.5 Å². The third-order valence-corrected chi connectivity index (χ3v) is 3.30. The molecular weight excluding hydrogens is 256 g/mol. The van der Waals surface area contributed by atoms with Crippen LogP contribution in [0.1, 0.15) is 71.1 Å². The molecule has 0 radical (unpaired) electrons. The summed E-state index contributed by atoms with van der Waals surface area (Å²) in [5.41, 5.74) is 0. The Labute approximate surface area is 121 Å². The molecule has 0 aromatic carbocycles. The van der Waals surface area contributed by atoms with E-state index in [4.69, 9.17) is 9.47 Å². The molecule has 1 rings (SSSR count). The molecule has 4 nitrogen and oxygen atoms in total. The first-order valence-electron chi connectivity index (χ1n) is 7.78. The molecule has 4 heteroatoms. The first kappa shape index (κ1) is 16.7. The molecule has 0 amide bonds. The van der Waals surface area contributed by atoms with Crippen LogP contribution in [0, 0.1) is 0 Å². The van der Waals surface area contributed by atoms with Crippen LogP contribution < -0.4 is 0 Å². The molecule has 20 heavy (non-hydrogen) atoms. The predicted octanol–water partition coefficient (Wildman–Crippen LogP) is 3.89. The topological polar surface area (TPSA) is 52.6 Å². The van der Waals surface area contributed by atoms with Crippen LogP contribution in [0.15, 0.2) is 12.2 Å². The molecule has 0 aromatic rings. The maximum absolute atomic E-state index is 11.2. The number of unbranched alkanes of at least 4 members (excludes halogenated alkanes) is 7. The molecule has 0 saturated carbocycles. The molecule has 0 spiro atoms. The molecule has 0 aliphatic carbocycles. The summed E-state index contributed by atoms with van der Waals surface area (Å²) in [6, 6.07) is 0. The van der Waals surface area contributed by atoms with E-state index in [0.29, 0.717) is 0 Å². The molecule has 1 fully saturated rings. The average molecular weight is 282 g/mol. The lowest BCUT2D eigenvalue weighted by atomic mass is 10.1. The number of rotatable bonds is 9. The average Bonchev–Trinajstić information content (AvgIpc) is 2.58. The third kappa shape index (κ3) is 7.97. The Morgan fingerprint density at radius 2 is 1.50 bits per heavy atom. The first-order valence-corrected chi connectivity index (χ1v) is 7.78. The second-order valence-corrected chi connectivity index (χ2v) is 5.19. The molecule has 1 aliphatic rings. The second kappa shape index (κ2) is 10.5. The van der Waals surface area contributed by atoms with Crippen molar-refractivity contribution in [3.63, 3.8) is 0 Å². The van der Waals surface area contributed by atoms with E-state index in [1.54, 1.807) is 6.08 Å². The summed E-state index contributed by atoms with van der Waals surface area (Å²) < 4.78 is 9.97. The number of ether oxygens (including phenoxy) is 2. The van der Waals surface area contributed by atoms with E-state index in [0.717, 1.165) is 12.8 Å². The molecule has 1 saturated heterocycles. The first-order chi connectivity index (χ1) is 9.72. The number of hydrogen-bond acceptors (Lipinski definition) is 4. The minimum absolute atomic E-state index is 0.112. The van der Waals surface area contributed by atoms with E-state index in [2.05, 4.69) is 6.92 Å².